The summed E-state index contributed by atoms with van der Waals surface area (Å²) in [6.07, 6.45) is 3.34. The Morgan fingerprint density at radius 2 is 1.33 bits per heavy atom. The first-order valence-electron chi connectivity index (χ1n) is 5.86. The second kappa shape index (κ2) is 3.95. The highest BCUT2D eigenvalue weighted by Crippen LogP contribution is 2.35. The van der Waals surface area contributed by atoms with Crippen LogP contribution in [0.25, 0.3) is 23.0 Å². The van der Waals surface area contributed by atoms with Crippen molar-refractivity contribution in [2.45, 2.75) is 20.8 Å². The van der Waals surface area contributed by atoms with Gasteiger partial charge in [0.2, 0.25) is 0 Å². The van der Waals surface area contributed by atoms with E-state index in [-0.39, 0.29) is 0 Å². The van der Waals surface area contributed by atoms with Gasteiger partial charge in [-0.3, -0.25) is 0 Å². The van der Waals surface area contributed by atoms with Gasteiger partial charge in [-0.2, -0.15) is 0 Å². The van der Waals surface area contributed by atoms with Crippen molar-refractivity contribution in [3.63, 3.8) is 0 Å². The Hall–Kier alpha value is -2.16. The van der Waals surface area contributed by atoms with Gasteiger partial charge in [0.1, 0.15) is 0 Å². The van der Waals surface area contributed by atoms with E-state index in [4.69, 9.17) is 13.3 Å². The molecule has 0 saturated heterocycles. The molecule has 3 nitrogen and oxygen atoms in total. The molecule has 0 bridgehead atoms. The zero-order valence-corrected chi connectivity index (χ0v) is 10.6. The smallest absolute Gasteiger partial charge is 0.173 e. The minimum absolute atomic E-state index is 0.737. The summed E-state index contributed by atoms with van der Waals surface area (Å²) in [5.74, 6) is 3.06. The summed E-state index contributed by atoms with van der Waals surface area (Å²) in [5.41, 5.74) is 3.17. The van der Waals surface area contributed by atoms with E-state index in [1.165, 1.54) is 0 Å². The number of hydrogen-bond acceptors (Lipinski definition) is 3. The maximum Gasteiger partial charge on any atom is 0.173 e. The van der Waals surface area contributed by atoms with Crippen LogP contribution in [0.2, 0.25) is 0 Å². The van der Waals surface area contributed by atoms with Crippen molar-refractivity contribution in [1.29, 1.82) is 0 Å². The molecular formula is C15H14O3. The third-order valence-corrected chi connectivity index (χ3v) is 3.07. The Morgan fingerprint density at radius 1 is 0.722 bits per heavy atom. The molecule has 0 fully saturated rings. The van der Waals surface area contributed by atoms with Crippen LogP contribution in [-0.2, 0) is 0 Å². The number of aryl methyl sites for hydroxylation is 3. The third kappa shape index (κ3) is 1.59. The van der Waals surface area contributed by atoms with Crippen molar-refractivity contribution >= 4 is 0 Å². The maximum atomic E-state index is 5.88. The normalized spacial score (nSPS) is 11.1. The molecule has 0 atom stereocenters. The molecule has 0 aliphatic rings. The quantitative estimate of drug-likeness (QED) is 0.652. The first-order chi connectivity index (χ1) is 8.66. The van der Waals surface area contributed by atoms with E-state index >= 15 is 0 Å². The van der Waals surface area contributed by atoms with E-state index in [1.807, 2.05) is 39.0 Å². The summed E-state index contributed by atoms with van der Waals surface area (Å²) >= 11 is 0. The molecule has 3 aromatic rings. The van der Waals surface area contributed by atoms with Crippen LogP contribution in [0.4, 0.5) is 0 Å². The lowest BCUT2D eigenvalue weighted by Crippen LogP contribution is -1.75. The Bertz CT molecular complexity index is 682. The second-order valence-corrected chi connectivity index (χ2v) is 4.49. The Labute approximate surface area is 105 Å². The first-order valence-corrected chi connectivity index (χ1v) is 5.86. The number of rotatable bonds is 2. The minimum atomic E-state index is 0.737. The van der Waals surface area contributed by atoms with Gasteiger partial charge in [-0.25, -0.2) is 0 Å². The average Bonchev–Trinajstić information content (AvgIpc) is 3.00. The molecule has 0 amide bonds. The Balaban J connectivity index is 2.13. The molecule has 18 heavy (non-hydrogen) atoms. The fourth-order valence-corrected chi connectivity index (χ4v) is 2.05. The molecule has 0 N–H and O–H groups in total. The summed E-state index contributed by atoms with van der Waals surface area (Å²) in [6, 6.07) is 5.82. The molecule has 0 aliphatic heterocycles. The van der Waals surface area contributed by atoms with E-state index in [2.05, 4.69) is 0 Å². The van der Waals surface area contributed by atoms with Crippen LogP contribution in [0.3, 0.4) is 0 Å². The topological polar surface area (TPSA) is 39.4 Å². The van der Waals surface area contributed by atoms with Crippen LogP contribution < -0.4 is 0 Å². The lowest BCUT2D eigenvalue weighted by atomic mass is 10.1. The van der Waals surface area contributed by atoms with E-state index in [1.54, 1.807) is 12.5 Å². The maximum absolute atomic E-state index is 5.88. The monoisotopic (exact) mass is 242 g/mol. The summed E-state index contributed by atoms with van der Waals surface area (Å²) in [5, 5.41) is 0. The molecule has 0 aliphatic carbocycles. The Morgan fingerprint density at radius 3 is 1.89 bits per heavy atom. The molecule has 3 aromatic heterocycles. The van der Waals surface area contributed by atoms with Crippen molar-refractivity contribution in [2.75, 3.05) is 0 Å². The lowest BCUT2D eigenvalue weighted by Gasteiger charge is -1.96. The molecule has 0 spiro atoms. The van der Waals surface area contributed by atoms with Gasteiger partial charge in [0.15, 0.2) is 23.0 Å². The fraction of sp³-hybridized carbons (Fsp3) is 0.200. The van der Waals surface area contributed by atoms with E-state index in [9.17, 15) is 0 Å². The van der Waals surface area contributed by atoms with Gasteiger partial charge in [-0.1, -0.05) is 0 Å². The van der Waals surface area contributed by atoms with E-state index < -0.39 is 0 Å². The molecule has 0 saturated carbocycles. The SMILES string of the molecule is Cc1ccoc1-c1cc(C)c(-c2occc2C)o1. The van der Waals surface area contributed by atoms with Crippen LogP contribution in [0.15, 0.2) is 44.0 Å². The zero-order chi connectivity index (χ0) is 12.7. The average molecular weight is 242 g/mol. The van der Waals surface area contributed by atoms with Crippen LogP contribution in [0.5, 0.6) is 0 Å². The van der Waals surface area contributed by atoms with Gasteiger partial charge < -0.3 is 13.3 Å². The van der Waals surface area contributed by atoms with Crippen molar-refractivity contribution < 1.29 is 13.3 Å². The third-order valence-electron chi connectivity index (χ3n) is 3.07. The van der Waals surface area contributed by atoms with Crippen LogP contribution in [0, 0.1) is 20.8 Å². The van der Waals surface area contributed by atoms with Crippen molar-refractivity contribution in [1.82, 2.24) is 0 Å². The highest BCUT2D eigenvalue weighted by atomic mass is 16.4. The molecule has 0 aromatic carbocycles. The van der Waals surface area contributed by atoms with E-state index in [0.717, 1.165) is 39.7 Å². The van der Waals surface area contributed by atoms with Gasteiger partial charge >= 0.3 is 0 Å². The predicted octanol–water partition coefficient (Wildman–Crippen LogP) is 4.72. The van der Waals surface area contributed by atoms with Gasteiger partial charge in [0, 0.05) is 0 Å². The predicted molar refractivity (Wildman–Crippen MR) is 68.3 cm³/mol. The second-order valence-electron chi connectivity index (χ2n) is 4.49. The van der Waals surface area contributed by atoms with Gasteiger partial charge in [0.25, 0.3) is 0 Å². The van der Waals surface area contributed by atoms with Gasteiger partial charge in [-0.05, 0) is 55.7 Å². The standard InChI is InChI=1S/C15H14O3/c1-9-4-6-16-13(9)12-8-11(3)15(18-12)14-10(2)5-7-17-14/h4-8H,1-3H3. The largest absolute Gasteiger partial charge is 0.461 e. The minimum Gasteiger partial charge on any atom is -0.461 e. The fourth-order valence-electron chi connectivity index (χ4n) is 2.05. The highest BCUT2D eigenvalue weighted by molar-refractivity contribution is 5.65. The first kappa shape index (κ1) is 11.0. The zero-order valence-electron chi connectivity index (χ0n) is 10.6. The van der Waals surface area contributed by atoms with Crippen LogP contribution in [0.1, 0.15) is 16.7 Å². The Kier molecular flexibility index (Phi) is 2.40. The summed E-state index contributed by atoms with van der Waals surface area (Å²) in [4.78, 5) is 0. The molecule has 3 heteroatoms. The molecular weight excluding hydrogens is 228 g/mol. The lowest BCUT2D eigenvalue weighted by molar-refractivity contribution is 0.506. The van der Waals surface area contributed by atoms with Crippen molar-refractivity contribution in [3.05, 3.63) is 47.4 Å². The molecule has 0 unspecified atom stereocenters. The van der Waals surface area contributed by atoms with Gasteiger partial charge in [0.05, 0.1) is 12.5 Å². The molecule has 92 valence electrons. The van der Waals surface area contributed by atoms with E-state index in [0.29, 0.717) is 0 Å². The number of hydrogen-bond donors (Lipinski definition) is 0. The summed E-state index contributed by atoms with van der Waals surface area (Å²) < 4.78 is 16.8. The molecule has 3 heterocycles. The molecule has 0 radical (unpaired) electrons. The molecule has 3 rings (SSSR count). The summed E-state index contributed by atoms with van der Waals surface area (Å²) in [6.45, 7) is 6.00. The van der Waals surface area contributed by atoms with Crippen molar-refractivity contribution in [2.24, 2.45) is 0 Å². The van der Waals surface area contributed by atoms with Crippen molar-refractivity contribution in [3.8, 4) is 23.0 Å². The van der Waals surface area contributed by atoms with Crippen LogP contribution >= 0.6 is 0 Å². The van der Waals surface area contributed by atoms with Crippen LogP contribution in [-0.4, -0.2) is 0 Å². The number of furan rings is 3. The summed E-state index contributed by atoms with van der Waals surface area (Å²) in [7, 11) is 0. The van der Waals surface area contributed by atoms with Gasteiger partial charge in [-0.15, -0.1) is 0 Å². The highest BCUT2D eigenvalue weighted by Gasteiger charge is 2.18.